The van der Waals surface area contributed by atoms with Crippen LogP contribution in [0.2, 0.25) is 5.02 Å². The summed E-state index contributed by atoms with van der Waals surface area (Å²) in [6.07, 6.45) is -4.39. The Balaban J connectivity index is 1.90. The van der Waals surface area contributed by atoms with Crippen molar-refractivity contribution in [1.82, 2.24) is 0 Å². The molecule has 3 nitrogen and oxygen atoms in total. The predicted molar refractivity (Wildman–Crippen MR) is 89.4 cm³/mol. The molecule has 0 aromatic heterocycles. The summed E-state index contributed by atoms with van der Waals surface area (Å²) in [4.78, 5) is 11.9. The van der Waals surface area contributed by atoms with E-state index in [-0.39, 0.29) is 29.6 Å². The number of benzene rings is 2. The summed E-state index contributed by atoms with van der Waals surface area (Å²) in [5, 5.41) is 5.20. The van der Waals surface area contributed by atoms with Crippen molar-refractivity contribution in [2.75, 3.05) is 17.2 Å². The first-order valence-electron chi connectivity index (χ1n) is 7.23. The molecule has 2 aromatic carbocycles. The normalized spacial score (nSPS) is 11.2. The SMILES string of the molecule is Cc1ccccc1NC(=O)CCNc1ccc(Cl)c(C(F)(F)F)c1. The van der Waals surface area contributed by atoms with Crippen molar-refractivity contribution in [2.24, 2.45) is 0 Å². The van der Waals surface area contributed by atoms with Crippen LogP contribution in [0.25, 0.3) is 0 Å². The highest BCUT2D eigenvalue weighted by atomic mass is 35.5. The van der Waals surface area contributed by atoms with Crippen molar-refractivity contribution >= 4 is 28.9 Å². The smallest absolute Gasteiger partial charge is 0.385 e. The number of carbonyl (C=O) groups is 1. The van der Waals surface area contributed by atoms with Gasteiger partial charge in [0.1, 0.15) is 0 Å². The zero-order valence-corrected chi connectivity index (χ0v) is 13.6. The molecule has 0 unspecified atom stereocenters. The number of halogens is 4. The summed E-state index contributed by atoms with van der Waals surface area (Å²) in [6, 6.07) is 10.9. The van der Waals surface area contributed by atoms with Gasteiger partial charge in [0.2, 0.25) is 5.91 Å². The molecule has 7 heteroatoms. The van der Waals surface area contributed by atoms with E-state index in [0.29, 0.717) is 5.69 Å². The number of para-hydroxylation sites is 1. The summed E-state index contributed by atoms with van der Waals surface area (Å²) in [5.41, 5.74) is 1.01. The van der Waals surface area contributed by atoms with Crippen LogP contribution < -0.4 is 10.6 Å². The van der Waals surface area contributed by atoms with Gasteiger partial charge in [0.15, 0.2) is 0 Å². The van der Waals surface area contributed by atoms with Gasteiger partial charge < -0.3 is 10.6 Å². The second-order valence-electron chi connectivity index (χ2n) is 5.23. The number of anilines is 2. The van der Waals surface area contributed by atoms with Crippen molar-refractivity contribution in [1.29, 1.82) is 0 Å². The van der Waals surface area contributed by atoms with E-state index >= 15 is 0 Å². The van der Waals surface area contributed by atoms with Crippen LogP contribution in [0.1, 0.15) is 17.5 Å². The first-order chi connectivity index (χ1) is 11.3. The predicted octanol–water partition coefficient (Wildman–Crippen LogP) is 5.11. The Morgan fingerprint density at radius 1 is 1.17 bits per heavy atom. The van der Waals surface area contributed by atoms with E-state index in [1.807, 2.05) is 25.1 Å². The highest BCUT2D eigenvalue weighted by Crippen LogP contribution is 2.36. The van der Waals surface area contributed by atoms with Crippen molar-refractivity contribution in [2.45, 2.75) is 19.5 Å². The lowest BCUT2D eigenvalue weighted by molar-refractivity contribution is -0.137. The minimum Gasteiger partial charge on any atom is -0.385 e. The lowest BCUT2D eigenvalue weighted by Crippen LogP contribution is -2.17. The molecule has 128 valence electrons. The molecule has 2 N–H and O–H groups in total. The van der Waals surface area contributed by atoms with Gasteiger partial charge in [-0.2, -0.15) is 13.2 Å². The highest BCUT2D eigenvalue weighted by molar-refractivity contribution is 6.31. The van der Waals surface area contributed by atoms with Gasteiger partial charge in [0.05, 0.1) is 10.6 Å². The Hall–Kier alpha value is -2.21. The lowest BCUT2D eigenvalue weighted by Gasteiger charge is -2.12. The van der Waals surface area contributed by atoms with Crippen LogP contribution in [-0.4, -0.2) is 12.5 Å². The summed E-state index contributed by atoms with van der Waals surface area (Å²) < 4.78 is 38.3. The molecule has 0 saturated heterocycles. The average Bonchev–Trinajstić information content (AvgIpc) is 2.50. The van der Waals surface area contributed by atoms with Gasteiger partial charge in [-0.3, -0.25) is 4.79 Å². The quantitative estimate of drug-likeness (QED) is 0.781. The van der Waals surface area contributed by atoms with Crippen LogP contribution in [0.5, 0.6) is 0 Å². The molecule has 0 spiro atoms. The van der Waals surface area contributed by atoms with E-state index in [1.54, 1.807) is 6.07 Å². The lowest BCUT2D eigenvalue weighted by atomic mass is 10.2. The van der Waals surface area contributed by atoms with Crippen molar-refractivity contribution in [3.63, 3.8) is 0 Å². The number of hydrogen-bond donors (Lipinski definition) is 2. The molecular formula is C17H16ClF3N2O. The van der Waals surface area contributed by atoms with E-state index in [0.717, 1.165) is 11.6 Å². The van der Waals surface area contributed by atoms with Gasteiger partial charge in [-0.15, -0.1) is 0 Å². The van der Waals surface area contributed by atoms with E-state index in [2.05, 4.69) is 10.6 Å². The van der Waals surface area contributed by atoms with Crippen molar-refractivity contribution in [3.05, 3.63) is 58.6 Å². The van der Waals surface area contributed by atoms with Gasteiger partial charge in [-0.25, -0.2) is 0 Å². The third-order valence-corrected chi connectivity index (χ3v) is 3.70. The zero-order chi connectivity index (χ0) is 17.7. The number of rotatable bonds is 5. The average molecular weight is 357 g/mol. The summed E-state index contributed by atoms with van der Waals surface area (Å²) in [5.74, 6) is -0.221. The first kappa shape index (κ1) is 18.1. The van der Waals surface area contributed by atoms with Gasteiger partial charge in [-0.05, 0) is 36.8 Å². The van der Waals surface area contributed by atoms with Gasteiger partial charge in [0, 0.05) is 24.3 Å². The molecule has 1 amide bonds. The van der Waals surface area contributed by atoms with Crippen LogP contribution >= 0.6 is 11.6 Å². The summed E-state index contributed by atoms with van der Waals surface area (Å²) >= 11 is 5.56. The van der Waals surface area contributed by atoms with E-state index in [4.69, 9.17) is 11.6 Å². The second-order valence-corrected chi connectivity index (χ2v) is 5.64. The summed E-state index contributed by atoms with van der Waals surface area (Å²) in [6.45, 7) is 2.08. The minimum atomic E-state index is -4.52. The fourth-order valence-corrected chi connectivity index (χ4v) is 2.32. The molecule has 0 bridgehead atoms. The molecule has 0 fully saturated rings. The number of nitrogens with one attached hydrogen (secondary N) is 2. The number of aryl methyl sites for hydroxylation is 1. The van der Waals surface area contributed by atoms with E-state index in [9.17, 15) is 18.0 Å². The second kappa shape index (κ2) is 7.57. The van der Waals surface area contributed by atoms with Crippen LogP contribution in [0.3, 0.4) is 0 Å². The van der Waals surface area contributed by atoms with Gasteiger partial charge in [0.25, 0.3) is 0 Å². The third-order valence-electron chi connectivity index (χ3n) is 3.37. The Morgan fingerprint density at radius 2 is 1.88 bits per heavy atom. The van der Waals surface area contributed by atoms with E-state index in [1.165, 1.54) is 12.1 Å². The molecule has 24 heavy (non-hydrogen) atoms. The molecule has 0 aliphatic carbocycles. The molecule has 0 aliphatic heterocycles. The van der Waals surface area contributed by atoms with Crippen LogP contribution in [-0.2, 0) is 11.0 Å². The Labute approximate surface area is 142 Å². The number of carbonyl (C=O) groups excluding carboxylic acids is 1. The maximum atomic E-state index is 12.8. The number of amides is 1. The fourth-order valence-electron chi connectivity index (χ4n) is 2.10. The monoisotopic (exact) mass is 356 g/mol. The van der Waals surface area contributed by atoms with Crippen molar-refractivity contribution < 1.29 is 18.0 Å². The highest BCUT2D eigenvalue weighted by Gasteiger charge is 2.33. The largest absolute Gasteiger partial charge is 0.417 e. The molecule has 0 aliphatic rings. The Morgan fingerprint density at radius 3 is 2.54 bits per heavy atom. The van der Waals surface area contributed by atoms with Gasteiger partial charge in [-0.1, -0.05) is 29.8 Å². The number of alkyl halides is 3. The maximum absolute atomic E-state index is 12.8. The molecule has 0 saturated carbocycles. The van der Waals surface area contributed by atoms with Crippen molar-refractivity contribution in [3.8, 4) is 0 Å². The Kier molecular flexibility index (Phi) is 5.72. The first-order valence-corrected chi connectivity index (χ1v) is 7.61. The Bertz CT molecular complexity index is 732. The fraction of sp³-hybridized carbons (Fsp3) is 0.235. The summed E-state index contributed by atoms with van der Waals surface area (Å²) in [7, 11) is 0. The maximum Gasteiger partial charge on any atom is 0.417 e. The third kappa shape index (κ3) is 4.89. The molecule has 0 heterocycles. The zero-order valence-electron chi connectivity index (χ0n) is 12.9. The van der Waals surface area contributed by atoms with Crippen LogP contribution in [0, 0.1) is 6.92 Å². The molecule has 2 aromatic rings. The standard InChI is InChI=1S/C17H16ClF3N2O/c1-11-4-2-3-5-15(11)23-16(24)8-9-22-12-6-7-14(18)13(10-12)17(19,20)21/h2-7,10,22H,8-9H2,1H3,(H,23,24). The van der Waals surface area contributed by atoms with E-state index < -0.39 is 11.7 Å². The molecular weight excluding hydrogens is 341 g/mol. The minimum absolute atomic E-state index is 0.123. The van der Waals surface area contributed by atoms with Crippen LogP contribution in [0.15, 0.2) is 42.5 Å². The van der Waals surface area contributed by atoms with Crippen LogP contribution in [0.4, 0.5) is 24.5 Å². The van der Waals surface area contributed by atoms with Gasteiger partial charge >= 0.3 is 6.18 Å². The number of hydrogen-bond acceptors (Lipinski definition) is 2. The molecule has 2 rings (SSSR count). The molecule has 0 atom stereocenters. The topological polar surface area (TPSA) is 41.1 Å². The molecule has 0 radical (unpaired) electrons.